The number of aryl methyl sites for hydroxylation is 2. The lowest BCUT2D eigenvalue weighted by molar-refractivity contribution is -0.144. The topological polar surface area (TPSA) is 95.0 Å². The van der Waals surface area contributed by atoms with Crippen LogP contribution in [0.1, 0.15) is 28.6 Å². The third-order valence-corrected chi connectivity index (χ3v) is 3.65. The molecule has 0 saturated heterocycles. The smallest absolute Gasteiger partial charge is 0.321 e. The van der Waals surface area contributed by atoms with Crippen molar-refractivity contribution < 1.29 is 9.90 Å². The Morgan fingerprint density at radius 2 is 2.14 bits per heavy atom. The summed E-state index contributed by atoms with van der Waals surface area (Å²) in [5.41, 5.74) is 3.59. The standard InChI is InChI=1S/C14H17N5O2/c1-8-3-9(2)18-13(17-8)6-19-5-11-10(15-7-16-11)4-12(19)14(20)21/h3,7,12H,4-6H2,1-2H3,(H,15,16)(H,20,21)/t12-/m1/s1. The number of aliphatic carboxylic acids is 1. The zero-order valence-electron chi connectivity index (χ0n) is 12.0. The second-order valence-electron chi connectivity index (χ2n) is 5.36. The first kappa shape index (κ1) is 13.7. The van der Waals surface area contributed by atoms with Gasteiger partial charge in [-0.25, -0.2) is 15.0 Å². The van der Waals surface area contributed by atoms with Gasteiger partial charge in [0, 0.05) is 24.4 Å². The second-order valence-corrected chi connectivity index (χ2v) is 5.36. The number of rotatable bonds is 3. The summed E-state index contributed by atoms with van der Waals surface area (Å²) < 4.78 is 0. The Hall–Kier alpha value is -2.28. The van der Waals surface area contributed by atoms with Crippen LogP contribution < -0.4 is 0 Å². The Morgan fingerprint density at radius 1 is 1.43 bits per heavy atom. The summed E-state index contributed by atoms with van der Waals surface area (Å²) in [6.07, 6.45) is 2.01. The number of aromatic amines is 1. The first-order valence-corrected chi connectivity index (χ1v) is 6.82. The van der Waals surface area contributed by atoms with Gasteiger partial charge in [-0.3, -0.25) is 9.69 Å². The molecule has 1 aliphatic rings. The van der Waals surface area contributed by atoms with Crippen molar-refractivity contribution in [3.63, 3.8) is 0 Å². The largest absolute Gasteiger partial charge is 0.480 e. The minimum atomic E-state index is -0.840. The van der Waals surface area contributed by atoms with Gasteiger partial charge in [0.2, 0.25) is 0 Å². The van der Waals surface area contributed by atoms with Crippen molar-refractivity contribution in [1.82, 2.24) is 24.8 Å². The zero-order chi connectivity index (χ0) is 15.0. The second kappa shape index (κ2) is 5.25. The minimum Gasteiger partial charge on any atom is -0.480 e. The molecule has 1 aliphatic heterocycles. The molecule has 7 nitrogen and oxygen atoms in total. The normalized spacial score (nSPS) is 18.5. The van der Waals surface area contributed by atoms with Gasteiger partial charge < -0.3 is 10.1 Å². The Kier molecular flexibility index (Phi) is 3.42. The molecule has 0 aliphatic carbocycles. The van der Waals surface area contributed by atoms with Gasteiger partial charge in [0.15, 0.2) is 0 Å². The van der Waals surface area contributed by atoms with Gasteiger partial charge in [0.25, 0.3) is 0 Å². The molecule has 0 fully saturated rings. The third kappa shape index (κ3) is 2.78. The van der Waals surface area contributed by atoms with Crippen molar-refractivity contribution in [2.75, 3.05) is 0 Å². The van der Waals surface area contributed by atoms with E-state index in [4.69, 9.17) is 0 Å². The van der Waals surface area contributed by atoms with E-state index < -0.39 is 12.0 Å². The molecule has 2 aromatic rings. The van der Waals surface area contributed by atoms with Crippen LogP contribution in [-0.2, 0) is 24.3 Å². The average Bonchev–Trinajstić information content (AvgIpc) is 2.83. The molecular weight excluding hydrogens is 270 g/mol. The van der Waals surface area contributed by atoms with Gasteiger partial charge in [-0.05, 0) is 19.9 Å². The number of nitrogens with one attached hydrogen (secondary N) is 1. The maximum Gasteiger partial charge on any atom is 0.321 e. The van der Waals surface area contributed by atoms with Crippen LogP contribution in [-0.4, -0.2) is 42.0 Å². The predicted molar refractivity (Wildman–Crippen MR) is 74.5 cm³/mol. The molecule has 1 atom stereocenters. The van der Waals surface area contributed by atoms with Crippen molar-refractivity contribution in [2.24, 2.45) is 0 Å². The SMILES string of the molecule is Cc1cc(C)nc(CN2Cc3[nH]cnc3C[C@@H]2C(=O)O)n1. The number of carbonyl (C=O) groups is 1. The summed E-state index contributed by atoms with van der Waals surface area (Å²) in [6.45, 7) is 4.76. The number of nitrogens with zero attached hydrogens (tertiary/aromatic N) is 4. The summed E-state index contributed by atoms with van der Waals surface area (Å²) in [5.74, 6) is -0.185. The number of carboxylic acid groups (broad SMARTS) is 1. The predicted octanol–water partition coefficient (Wildman–Crippen LogP) is 0.828. The highest BCUT2D eigenvalue weighted by Crippen LogP contribution is 2.22. The van der Waals surface area contributed by atoms with Crippen LogP contribution >= 0.6 is 0 Å². The lowest BCUT2D eigenvalue weighted by Gasteiger charge is -2.31. The fourth-order valence-corrected chi connectivity index (χ4v) is 2.75. The third-order valence-electron chi connectivity index (χ3n) is 3.65. The van der Waals surface area contributed by atoms with E-state index in [9.17, 15) is 9.90 Å². The van der Waals surface area contributed by atoms with E-state index >= 15 is 0 Å². The molecular formula is C14H17N5O2. The highest BCUT2D eigenvalue weighted by atomic mass is 16.4. The van der Waals surface area contributed by atoms with Crippen molar-refractivity contribution in [2.45, 2.75) is 39.4 Å². The minimum absolute atomic E-state index is 0.402. The molecule has 0 saturated carbocycles. The quantitative estimate of drug-likeness (QED) is 0.868. The van der Waals surface area contributed by atoms with Crippen LogP contribution in [0.3, 0.4) is 0 Å². The molecule has 0 amide bonds. The Balaban J connectivity index is 1.87. The van der Waals surface area contributed by atoms with Gasteiger partial charge in [-0.1, -0.05) is 0 Å². The summed E-state index contributed by atoms with van der Waals surface area (Å²) in [7, 11) is 0. The fourth-order valence-electron chi connectivity index (χ4n) is 2.75. The molecule has 2 aromatic heterocycles. The van der Waals surface area contributed by atoms with Crippen LogP contribution in [0.2, 0.25) is 0 Å². The molecule has 3 rings (SSSR count). The van der Waals surface area contributed by atoms with Gasteiger partial charge in [0.1, 0.15) is 11.9 Å². The maximum atomic E-state index is 11.5. The number of hydrogen-bond donors (Lipinski definition) is 2. The van der Waals surface area contributed by atoms with Crippen molar-refractivity contribution in [3.05, 3.63) is 41.0 Å². The number of H-pyrrole nitrogens is 1. The van der Waals surface area contributed by atoms with E-state index in [0.717, 1.165) is 22.8 Å². The van der Waals surface area contributed by atoms with Crippen molar-refractivity contribution in [1.29, 1.82) is 0 Å². The van der Waals surface area contributed by atoms with Gasteiger partial charge in [-0.2, -0.15) is 0 Å². The molecule has 0 unspecified atom stereocenters. The molecule has 3 heterocycles. The van der Waals surface area contributed by atoms with Crippen LogP contribution in [0.4, 0.5) is 0 Å². The van der Waals surface area contributed by atoms with E-state index in [0.29, 0.717) is 25.3 Å². The Bertz CT molecular complexity index is 662. The number of hydrogen-bond acceptors (Lipinski definition) is 5. The number of carboxylic acids is 1. The van der Waals surface area contributed by atoms with Crippen LogP contribution in [0.5, 0.6) is 0 Å². The van der Waals surface area contributed by atoms with Crippen molar-refractivity contribution in [3.8, 4) is 0 Å². The highest BCUT2D eigenvalue weighted by molar-refractivity contribution is 5.74. The lowest BCUT2D eigenvalue weighted by Crippen LogP contribution is -2.45. The average molecular weight is 287 g/mol. The molecule has 0 aromatic carbocycles. The van der Waals surface area contributed by atoms with E-state index in [1.807, 2.05) is 24.8 Å². The number of imidazole rings is 1. The van der Waals surface area contributed by atoms with E-state index in [2.05, 4.69) is 19.9 Å². The van der Waals surface area contributed by atoms with Crippen LogP contribution in [0.15, 0.2) is 12.4 Å². The van der Waals surface area contributed by atoms with Gasteiger partial charge in [0.05, 0.1) is 24.3 Å². The Labute approximate surface area is 122 Å². The monoisotopic (exact) mass is 287 g/mol. The molecule has 2 N–H and O–H groups in total. The summed E-state index contributed by atoms with van der Waals surface area (Å²) in [6, 6.07) is 1.31. The zero-order valence-corrected chi connectivity index (χ0v) is 12.0. The first-order chi connectivity index (χ1) is 10.0. The summed E-state index contributed by atoms with van der Waals surface area (Å²) >= 11 is 0. The maximum absolute atomic E-state index is 11.5. The molecule has 21 heavy (non-hydrogen) atoms. The number of aromatic nitrogens is 4. The van der Waals surface area contributed by atoms with Gasteiger partial charge in [-0.15, -0.1) is 0 Å². The van der Waals surface area contributed by atoms with Crippen LogP contribution in [0.25, 0.3) is 0 Å². The van der Waals surface area contributed by atoms with E-state index in [1.165, 1.54) is 0 Å². The first-order valence-electron chi connectivity index (χ1n) is 6.82. The summed E-state index contributed by atoms with van der Waals surface area (Å²) in [4.78, 5) is 29.4. The Morgan fingerprint density at radius 3 is 2.81 bits per heavy atom. The highest BCUT2D eigenvalue weighted by Gasteiger charge is 2.33. The molecule has 0 bridgehead atoms. The molecule has 0 spiro atoms. The molecule has 7 heteroatoms. The van der Waals surface area contributed by atoms with Crippen LogP contribution in [0, 0.1) is 13.8 Å². The molecule has 110 valence electrons. The van der Waals surface area contributed by atoms with Gasteiger partial charge >= 0.3 is 5.97 Å². The fraction of sp³-hybridized carbons (Fsp3) is 0.429. The molecule has 0 radical (unpaired) electrons. The van der Waals surface area contributed by atoms with Crippen molar-refractivity contribution >= 4 is 5.97 Å². The van der Waals surface area contributed by atoms with E-state index in [-0.39, 0.29) is 0 Å². The number of fused-ring (bicyclic) bond motifs is 1. The van der Waals surface area contributed by atoms with E-state index in [1.54, 1.807) is 6.33 Å². The summed E-state index contributed by atoms with van der Waals surface area (Å²) in [5, 5.41) is 9.44. The lowest BCUT2D eigenvalue weighted by atomic mass is 10.0.